The van der Waals surface area contributed by atoms with Gasteiger partial charge in [0.25, 0.3) is 5.91 Å². The molecule has 25 heavy (non-hydrogen) atoms. The van der Waals surface area contributed by atoms with Crippen LogP contribution in [0.2, 0.25) is 0 Å². The third kappa shape index (κ3) is 4.07. The topological polar surface area (TPSA) is 145 Å². The van der Waals surface area contributed by atoms with Gasteiger partial charge in [0.2, 0.25) is 5.76 Å². The molecule has 2 N–H and O–H groups in total. The molecule has 0 saturated carbocycles. The number of carbonyl (C=O) groups is 1. The molecule has 10 nitrogen and oxygen atoms in total. The molecule has 10 heteroatoms. The van der Waals surface area contributed by atoms with E-state index in [0.717, 1.165) is 18.2 Å². The lowest BCUT2D eigenvalue weighted by Crippen LogP contribution is -2.10. The van der Waals surface area contributed by atoms with E-state index in [4.69, 9.17) is 14.6 Å². The first-order valence-corrected chi connectivity index (χ1v) is 6.91. The highest BCUT2D eigenvalue weighted by Crippen LogP contribution is 2.07. The van der Waals surface area contributed by atoms with E-state index in [2.05, 4.69) is 30.4 Å². The van der Waals surface area contributed by atoms with Crippen LogP contribution in [0.1, 0.15) is 16.1 Å². The first-order valence-electron chi connectivity index (χ1n) is 6.91. The maximum Gasteiger partial charge on any atom is 0.287 e. The molecule has 0 fully saturated rings. The summed E-state index contributed by atoms with van der Waals surface area (Å²) in [5.41, 5.74) is 6.43. The number of amides is 1. The Bertz CT molecular complexity index is 1050. The zero-order chi connectivity index (χ0) is 17.5. The van der Waals surface area contributed by atoms with Gasteiger partial charge in [0, 0.05) is 5.56 Å². The smallest absolute Gasteiger partial charge is 0.287 e. The molecule has 2 aliphatic heterocycles. The Labute approximate surface area is 140 Å². The fourth-order valence-corrected chi connectivity index (χ4v) is 1.72. The zero-order valence-electron chi connectivity index (χ0n) is 12.7. The Kier molecular flexibility index (Phi) is 4.81. The van der Waals surface area contributed by atoms with E-state index in [1.54, 1.807) is 18.3 Å². The first kappa shape index (κ1) is 15.9. The minimum atomic E-state index is -0.819. The van der Waals surface area contributed by atoms with Crippen molar-refractivity contribution in [1.29, 1.82) is 0 Å². The second-order valence-electron chi connectivity index (χ2n) is 4.53. The molecule has 0 radical (unpaired) electrons. The lowest BCUT2D eigenvalue weighted by molar-refractivity contribution is 0.0968. The van der Waals surface area contributed by atoms with Crippen LogP contribution in [0.25, 0.3) is 6.20 Å². The van der Waals surface area contributed by atoms with Crippen molar-refractivity contribution in [3.8, 4) is 0 Å². The fraction of sp³-hybridized carbons (Fsp3) is 0. The van der Waals surface area contributed by atoms with Crippen LogP contribution in [-0.4, -0.2) is 22.1 Å². The SMILES string of the molecule is NC(=O)c1coccncc2c(ccc3c(nco1)=CN=N3)C=NN=2. The molecule has 3 heterocycles. The number of fused-ring (bicyclic) bond motifs is 2. The lowest BCUT2D eigenvalue weighted by atomic mass is 10.3. The number of nitrogens with two attached hydrogens (primary N) is 1. The summed E-state index contributed by atoms with van der Waals surface area (Å²) in [6.45, 7) is 0. The van der Waals surface area contributed by atoms with E-state index in [1.165, 1.54) is 24.9 Å². The van der Waals surface area contributed by atoms with Gasteiger partial charge in [-0.15, -0.1) is 10.2 Å². The largest absolute Gasteiger partial charge is 0.467 e. The van der Waals surface area contributed by atoms with Crippen LogP contribution in [-0.2, 0) is 0 Å². The molecule has 0 spiro atoms. The van der Waals surface area contributed by atoms with Crippen molar-refractivity contribution in [2.75, 3.05) is 0 Å². The van der Waals surface area contributed by atoms with Crippen LogP contribution in [0.15, 0.2) is 72.7 Å². The van der Waals surface area contributed by atoms with E-state index in [9.17, 15) is 4.79 Å². The summed E-state index contributed by atoms with van der Waals surface area (Å²) in [5, 5.41) is 16.5. The van der Waals surface area contributed by atoms with Crippen molar-refractivity contribution >= 4 is 24.0 Å². The number of rotatable bonds is 1. The Hall–Kier alpha value is -3.95. The second-order valence-corrected chi connectivity index (χ2v) is 4.53. The molecule has 1 aromatic rings. The molecule has 0 atom stereocenters. The molecule has 1 aromatic heterocycles. The van der Waals surface area contributed by atoms with E-state index >= 15 is 0 Å². The molecular weight excluding hydrogens is 326 g/mol. The van der Waals surface area contributed by atoms with Gasteiger partial charge < -0.3 is 14.6 Å². The van der Waals surface area contributed by atoms with Crippen molar-refractivity contribution in [3.63, 3.8) is 0 Å². The van der Waals surface area contributed by atoms with Gasteiger partial charge in [0.15, 0.2) is 6.39 Å². The van der Waals surface area contributed by atoms with Gasteiger partial charge in [-0.25, -0.2) is 4.98 Å². The predicted molar refractivity (Wildman–Crippen MR) is 85.3 cm³/mol. The lowest BCUT2D eigenvalue weighted by Gasteiger charge is -1.87. The number of nitrogens with zero attached hydrogens (tertiary/aromatic N) is 6. The minimum absolute atomic E-state index is 0.238. The van der Waals surface area contributed by atoms with Gasteiger partial charge in [0.1, 0.15) is 28.9 Å². The molecule has 2 aliphatic rings. The maximum atomic E-state index is 11.3. The van der Waals surface area contributed by atoms with Crippen molar-refractivity contribution in [2.24, 2.45) is 26.2 Å². The molecule has 0 unspecified atom stereocenters. The summed E-state index contributed by atoms with van der Waals surface area (Å²) in [6.07, 6.45) is 9.20. The quantitative estimate of drug-likeness (QED) is 0.810. The molecule has 3 rings (SSSR count). The van der Waals surface area contributed by atoms with Crippen LogP contribution in [0, 0.1) is 0 Å². The summed E-state index contributed by atoms with van der Waals surface area (Å²) < 4.78 is 10.1. The van der Waals surface area contributed by atoms with Gasteiger partial charge >= 0.3 is 0 Å². The van der Waals surface area contributed by atoms with E-state index in [0.29, 0.717) is 16.4 Å². The van der Waals surface area contributed by atoms with Crippen LogP contribution in [0.5, 0.6) is 0 Å². The summed E-state index contributed by atoms with van der Waals surface area (Å²) in [4.78, 5) is 19.3. The van der Waals surface area contributed by atoms with E-state index in [-0.39, 0.29) is 5.76 Å². The van der Waals surface area contributed by atoms with Crippen molar-refractivity contribution in [3.05, 3.63) is 65.5 Å². The highest BCUT2D eigenvalue weighted by atomic mass is 16.4. The molecule has 0 aliphatic carbocycles. The van der Waals surface area contributed by atoms with Crippen LogP contribution >= 0.6 is 0 Å². The van der Waals surface area contributed by atoms with Gasteiger partial charge in [-0.05, 0) is 12.1 Å². The summed E-state index contributed by atoms with van der Waals surface area (Å²) >= 11 is 0. The van der Waals surface area contributed by atoms with Crippen LogP contribution in [0.4, 0.5) is 5.69 Å². The second kappa shape index (κ2) is 7.55. The molecule has 0 saturated heterocycles. The average Bonchev–Trinajstić information content (AvgIpc) is 3.22. The van der Waals surface area contributed by atoms with E-state index < -0.39 is 5.91 Å². The van der Waals surface area contributed by atoms with E-state index in [1.807, 2.05) is 0 Å². The number of azo groups is 1. The third-order valence-electron chi connectivity index (χ3n) is 2.90. The van der Waals surface area contributed by atoms with Gasteiger partial charge in [-0.3, -0.25) is 9.78 Å². The normalized spacial score (nSPS) is 11.8. The Morgan fingerprint density at radius 3 is 3.04 bits per heavy atom. The summed E-state index contributed by atoms with van der Waals surface area (Å²) in [7, 11) is 0. The Balaban J connectivity index is 2.25. The Morgan fingerprint density at radius 2 is 2.16 bits per heavy atom. The number of hydrogen-bond acceptors (Lipinski definition) is 9. The fourth-order valence-electron chi connectivity index (χ4n) is 1.72. The maximum absolute atomic E-state index is 11.3. The molecule has 0 aromatic carbocycles. The molecular formula is C15H11N7O3. The third-order valence-corrected chi connectivity index (χ3v) is 2.90. The average molecular weight is 337 g/mol. The van der Waals surface area contributed by atoms with Gasteiger partial charge in [-0.1, -0.05) is 0 Å². The predicted octanol–water partition coefficient (Wildman–Crippen LogP) is 0.937. The number of hydrogen-bond donors (Lipinski definition) is 1. The zero-order valence-corrected chi connectivity index (χ0v) is 12.7. The minimum Gasteiger partial charge on any atom is -0.467 e. The van der Waals surface area contributed by atoms with Crippen molar-refractivity contribution in [1.82, 2.24) is 9.97 Å². The monoisotopic (exact) mass is 337 g/mol. The van der Waals surface area contributed by atoms with Crippen LogP contribution < -0.4 is 16.4 Å². The van der Waals surface area contributed by atoms with Gasteiger partial charge in [-0.2, -0.15) is 10.2 Å². The molecule has 0 bridgehead atoms. The Morgan fingerprint density at radius 1 is 1.24 bits per heavy atom. The highest BCUT2D eigenvalue weighted by Gasteiger charge is 2.00. The number of primary amides is 1. The summed E-state index contributed by atoms with van der Waals surface area (Å²) in [5.74, 6) is -1.06. The molecule has 124 valence electrons. The van der Waals surface area contributed by atoms with Gasteiger partial charge in [0.05, 0.1) is 24.8 Å². The number of carbonyl (C=O) groups excluding carboxylic acids is 1. The first-order chi connectivity index (χ1) is 12.2. The van der Waals surface area contributed by atoms with Crippen molar-refractivity contribution < 1.29 is 13.6 Å². The molecule has 1 amide bonds. The standard InChI is InChI=1S/C15H11N7O3/c16-15(23)14-8-24-4-3-17-6-12-10(5-19-22-12)1-2-11-13(7-20-21-11)18-9-25-14/h1-9H,(H2,16,23). The number of aromatic nitrogens is 2. The summed E-state index contributed by atoms with van der Waals surface area (Å²) in [6, 6.07) is 3.46. The highest BCUT2D eigenvalue weighted by molar-refractivity contribution is 5.89. The van der Waals surface area contributed by atoms with Crippen molar-refractivity contribution in [2.45, 2.75) is 0 Å². The van der Waals surface area contributed by atoms with Crippen LogP contribution in [0.3, 0.4) is 0 Å².